The standard InChI is InChI=1S/C8H15ClO2/c1-3-4-7(9)5-6-8(10)11-2/h7H,3-6H2,1-2H3. The van der Waals surface area contributed by atoms with E-state index in [2.05, 4.69) is 11.7 Å². The SMILES string of the molecule is CCCC(Cl)CCC(=O)OC. The summed E-state index contributed by atoms with van der Waals surface area (Å²) in [7, 11) is 1.39. The van der Waals surface area contributed by atoms with E-state index in [1.807, 2.05) is 0 Å². The second kappa shape index (κ2) is 6.47. The van der Waals surface area contributed by atoms with E-state index in [0.29, 0.717) is 6.42 Å². The van der Waals surface area contributed by atoms with Crippen LogP contribution in [0.1, 0.15) is 32.6 Å². The average Bonchev–Trinajstić information content (AvgIpc) is 2.01. The summed E-state index contributed by atoms with van der Waals surface area (Å²) in [6.45, 7) is 2.08. The van der Waals surface area contributed by atoms with Crippen LogP contribution in [-0.4, -0.2) is 18.5 Å². The van der Waals surface area contributed by atoms with Gasteiger partial charge in [-0.15, -0.1) is 11.6 Å². The smallest absolute Gasteiger partial charge is 0.305 e. The normalized spacial score (nSPS) is 12.6. The number of hydrogen-bond donors (Lipinski definition) is 0. The fourth-order valence-electron chi connectivity index (χ4n) is 0.834. The number of carbonyl (C=O) groups excluding carboxylic acids is 1. The van der Waals surface area contributed by atoms with Gasteiger partial charge in [0.15, 0.2) is 0 Å². The number of rotatable bonds is 5. The summed E-state index contributed by atoms with van der Waals surface area (Å²) < 4.78 is 4.48. The molecule has 0 aliphatic heterocycles. The van der Waals surface area contributed by atoms with E-state index in [0.717, 1.165) is 19.3 Å². The van der Waals surface area contributed by atoms with Crippen LogP contribution in [0.15, 0.2) is 0 Å². The van der Waals surface area contributed by atoms with Gasteiger partial charge in [-0.1, -0.05) is 13.3 Å². The molecule has 0 fully saturated rings. The van der Waals surface area contributed by atoms with Crippen LogP contribution in [0.4, 0.5) is 0 Å². The molecule has 0 aromatic heterocycles. The number of alkyl halides is 1. The summed E-state index contributed by atoms with van der Waals surface area (Å²) in [5.74, 6) is -0.174. The van der Waals surface area contributed by atoms with Crippen molar-refractivity contribution in [3.8, 4) is 0 Å². The Labute approximate surface area is 72.9 Å². The van der Waals surface area contributed by atoms with Crippen LogP contribution in [0.3, 0.4) is 0 Å². The molecule has 11 heavy (non-hydrogen) atoms. The maximum absolute atomic E-state index is 10.6. The van der Waals surface area contributed by atoms with Crippen LogP contribution >= 0.6 is 11.6 Å². The molecule has 0 saturated carbocycles. The third kappa shape index (κ3) is 6.17. The van der Waals surface area contributed by atoms with Gasteiger partial charge in [0.05, 0.1) is 7.11 Å². The molecule has 0 radical (unpaired) electrons. The minimum absolute atomic E-state index is 0.124. The molecular weight excluding hydrogens is 164 g/mol. The number of carbonyl (C=O) groups is 1. The number of esters is 1. The Bertz CT molecular complexity index is 115. The van der Waals surface area contributed by atoms with E-state index in [1.54, 1.807) is 0 Å². The van der Waals surface area contributed by atoms with Gasteiger partial charge >= 0.3 is 5.97 Å². The van der Waals surface area contributed by atoms with Crippen molar-refractivity contribution in [2.75, 3.05) is 7.11 Å². The Morgan fingerprint density at radius 2 is 2.18 bits per heavy atom. The maximum atomic E-state index is 10.6. The maximum Gasteiger partial charge on any atom is 0.305 e. The van der Waals surface area contributed by atoms with Crippen molar-refractivity contribution >= 4 is 17.6 Å². The van der Waals surface area contributed by atoms with E-state index in [9.17, 15) is 4.79 Å². The highest BCUT2D eigenvalue weighted by atomic mass is 35.5. The van der Waals surface area contributed by atoms with Crippen molar-refractivity contribution in [2.45, 2.75) is 38.0 Å². The molecule has 1 atom stereocenters. The van der Waals surface area contributed by atoms with Crippen molar-refractivity contribution in [3.05, 3.63) is 0 Å². The molecule has 66 valence electrons. The van der Waals surface area contributed by atoms with E-state index in [1.165, 1.54) is 7.11 Å². The number of halogens is 1. The molecule has 0 bridgehead atoms. The second-order valence-electron chi connectivity index (χ2n) is 2.50. The highest BCUT2D eigenvalue weighted by molar-refractivity contribution is 6.20. The van der Waals surface area contributed by atoms with Crippen molar-refractivity contribution in [3.63, 3.8) is 0 Å². The van der Waals surface area contributed by atoms with Gasteiger partial charge in [0.25, 0.3) is 0 Å². The summed E-state index contributed by atoms with van der Waals surface area (Å²) >= 11 is 5.87. The first-order valence-electron chi connectivity index (χ1n) is 3.91. The van der Waals surface area contributed by atoms with Gasteiger partial charge in [-0.3, -0.25) is 4.79 Å². The lowest BCUT2D eigenvalue weighted by molar-refractivity contribution is -0.140. The second-order valence-corrected chi connectivity index (χ2v) is 3.12. The topological polar surface area (TPSA) is 26.3 Å². The molecule has 1 unspecified atom stereocenters. The minimum Gasteiger partial charge on any atom is -0.469 e. The molecule has 0 N–H and O–H groups in total. The first kappa shape index (κ1) is 10.8. The molecule has 0 aromatic rings. The molecule has 0 aliphatic carbocycles. The summed E-state index contributed by atoms with van der Waals surface area (Å²) in [5.41, 5.74) is 0. The third-order valence-corrected chi connectivity index (χ3v) is 1.93. The minimum atomic E-state index is -0.174. The first-order valence-corrected chi connectivity index (χ1v) is 4.35. The highest BCUT2D eigenvalue weighted by Crippen LogP contribution is 2.11. The summed E-state index contributed by atoms with van der Waals surface area (Å²) in [6.07, 6.45) is 3.20. The Morgan fingerprint density at radius 3 is 2.64 bits per heavy atom. The van der Waals surface area contributed by atoms with Crippen molar-refractivity contribution in [2.24, 2.45) is 0 Å². The number of methoxy groups -OCH3 is 1. The van der Waals surface area contributed by atoms with Gasteiger partial charge in [0.2, 0.25) is 0 Å². The predicted octanol–water partition coefficient (Wildman–Crippen LogP) is 2.35. The predicted molar refractivity (Wildman–Crippen MR) is 45.8 cm³/mol. The Kier molecular flexibility index (Phi) is 6.33. The highest BCUT2D eigenvalue weighted by Gasteiger charge is 2.06. The summed E-state index contributed by atoms with van der Waals surface area (Å²) in [6, 6.07) is 0. The molecule has 0 aromatic carbocycles. The lowest BCUT2D eigenvalue weighted by atomic mass is 10.1. The molecule has 0 aliphatic rings. The monoisotopic (exact) mass is 178 g/mol. The van der Waals surface area contributed by atoms with Crippen molar-refractivity contribution in [1.82, 2.24) is 0 Å². The van der Waals surface area contributed by atoms with Crippen molar-refractivity contribution in [1.29, 1.82) is 0 Å². The number of hydrogen-bond acceptors (Lipinski definition) is 2. The summed E-state index contributed by atoms with van der Waals surface area (Å²) in [4.78, 5) is 10.6. The Hall–Kier alpha value is -0.240. The molecule has 2 nitrogen and oxygen atoms in total. The zero-order valence-electron chi connectivity index (χ0n) is 7.10. The number of ether oxygens (including phenoxy) is 1. The molecule has 0 heterocycles. The molecule has 3 heteroatoms. The lowest BCUT2D eigenvalue weighted by Crippen LogP contribution is -2.05. The molecular formula is C8H15ClO2. The molecule has 0 saturated heterocycles. The van der Waals surface area contributed by atoms with Crippen LogP contribution in [0.5, 0.6) is 0 Å². The largest absolute Gasteiger partial charge is 0.469 e. The van der Waals surface area contributed by atoms with Gasteiger partial charge in [-0.2, -0.15) is 0 Å². The zero-order chi connectivity index (χ0) is 8.69. The van der Waals surface area contributed by atoms with E-state index < -0.39 is 0 Å². The molecule has 0 rings (SSSR count). The fraction of sp³-hybridized carbons (Fsp3) is 0.875. The van der Waals surface area contributed by atoms with Gasteiger partial charge < -0.3 is 4.74 Å². The Morgan fingerprint density at radius 1 is 1.55 bits per heavy atom. The van der Waals surface area contributed by atoms with Gasteiger partial charge in [-0.05, 0) is 12.8 Å². The van der Waals surface area contributed by atoms with Crippen molar-refractivity contribution < 1.29 is 9.53 Å². The quantitative estimate of drug-likeness (QED) is 0.477. The molecule has 0 spiro atoms. The van der Waals surface area contributed by atoms with E-state index in [-0.39, 0.29) is 11.3 Å². The first-order chi connectivity index (χ1) is 5.20. The Balaban J connectivity index is 3.29. The van der Waals surface area contributed by atoms with Crippen LogP contribution in [0.25, 0.3) is 0 Å². The van der Waals surface area contributed by atoms with Crippen LogP contribution < -0.4 is 0 Å². The van der Waals surface area contributed by atoms with Crippen LogP contribution in [-0.2, 0) is 9.53 Å². The third-order valence-electron chi connectivity index (χ3n) is 1.49. The van der Waals surface area contributed by atoms with E-state index >= 15 is 0 Å². The zero-order valence-corrected chi connectivity index (χ0v) is 7.86. The fourth-order valence-corrected chi connectivity index (χ4v) is 1.16. The lowest BCUT2D eigenvalue weighted by Gasteiger charge is -2.05. The average molecular weight is 179 g/mol. The van der Waals surface area contributed by atoms with Gasteiger partial charge in [0, 0.05) is 11.8 Å². The summed E-state index contributed by atoms with van der Waals surface area (Å²) in [5, 5.41) is 0.124. The van der Waals surface area contributed by atoms with E-state index in [4.69, 9.17) is 11.6 Å². The molecule has 0 amide bonds. The van der Waals surface area contributed by atoms with Gasteiger partial charge in [0.1, 0.15) is 0 Å². The van der Waals surface area contributed by atoms with Crippen LogP contribution in [0, 0.1) is 0 Å². The van der Waals surface area contributed by atoms with Gasteiger partial charge in [-0.25, -0.2) is 0 Å². The van der Waals surface area contributed by atoms with Crippen LogP contribution in [0.2, 0.25) is 0 Å².